The molecule has 0 aliphatic heterocycles. The highest BCUT2D eigenvalue weighted by Crippen LogP contribution is 2.46. The molecule has 2 bridgehead atoms. The van der Waals surface area contributed by atoms with Crippen molar-refractivity contribution in [1.82, 2.24) is 0 Å². The molecule has 3 rings (SSSR count). The number of benzene rings is 1. The summed E-state index contributed by atoms with van der Waals surface area (Å²) >= 11 is 10.3. The highest BCUT2D eigenvalue weighted by molar-refractivity contribution is 9.13. The summed E-state index contributed by atoms with van der Waals surface area (Å²) in [5.41, 5.74) is 0.573. The number of hydrogen-bond acceptors (Lipinski definition) is 2. The van der Waals surface area contributed by atoms with E-state index in [9.17, 15) is 4.79 Å². The number of esters is 1. The van der Waals surface area contributed by atoms with Crippen molar-refractivity contribution in [2.24, 2.45) is 11.8 Å². The molecule has 2 saturated carbocycles. The van der Waals surface area contributed by atoms with Crippen LogP contribution < -0.4 is 0 Å². The summed E-state index contributed by atoms with van der Waals surface area (Å²) in [6.07, 6.45) is 4.93. The maximum atomic E-state index is 12.3. The zero-order valence-electron chi connectivity index (χ0n) is 10.2. The van der Waals surface area contributed by atoms with E-state index >= 15 is 0 Å². The minimum atomic E-state index is -0.230. The molecule has 19 heavy (non-hydrogen) atoms. The van der Waals surface area contributed by atoms with Gasteiger partial charge in [0.2, 0.25) is 0 Å². The molecule has 0 aromatic heterocycles. The molecule has 0 saturated heterocycles. The molecule has 0 heterocycles. The Balaban J connectivity index is 1.77. The molecule has 2 aliphatic rings. The van der Waals surface area contributed by atoms with Crippen molar-refractivity contribution < 1.29 is 9.53 Å². The summed E-state index contributed by atoms with van der Waals surface area (Å²) in [4.78, 5) is 12.3. The molecular weight excluding hydrogens is 440 g/mol. The van der Waals surface area contributed by atoms with Gasteiger partial charge in [0.15, 0.2) is 0 Å². The fourth-order valence-corrected chi connectivity index (χ4v) is 4.85. The molecule has 0 N–H and O–H groups in total. The summed E-state index contributed by atoms with van der Waals surface area (Å²) in [5.74, 6) is 1.13. The van der Waals surface area contributed by atoms with Gasteiger partial charge in [-0.15, -0.1) is 0 Å². The molecule has 102 valence electrons. The molecule has 2 nitrogen and oxygen atoms in total. The van der Waals surface area contributed by atoms with Crippen LogP contribution >= 0.6 is 47.8 Å². The zero-order valence-corrected chi connectivity index (χ0v) is 14.9. The van der Waals surface area contributed by atoms with E-state index in [1.54, 1.807) is 6.07 Å². The van der Waals surface area contributed by atoms with Crippen LogP contribution in [0.2, 0.25) is 0 Å². The molecule has 2 aliphatic carbocycles. The standard InChI is InChI=1S/C14H13Br3O2/c15-9-5-10(13(17)11(16)6-9)14(18)19-12-4-7-1-2-8(12)3-7/h5-8,12H,1-4H2. The Bertz CT molecular complexity index is 530. The largest absolute Gasteiger partial charge is 0.458 e. The average molecular weight is 453 g/mol. The van der Waals surface area contributed by atoms with E-state index in [0.717, 1.165) is 25.8 Å². The number of hydrogen-bond donors (Lipinski definition) is 0. The third-order valence-corrected chi connectivity index (χ3v) is 6.61. The van der Waals surface area contributed by atoms with E-state index in [1.807, 2.05) is 6.07 Å². The van der Waals surface area contributed by atoms with Crippen molar-refractivity contribution in [3.63, 3.8) is 0 Å². The van der Waals surface area contributed by atoms with Crippen molar-refractivity contribution in [3.05, 3.63) is 31.1 Å². The summed E-state index contributed by atoms with van der Waals surface area (Å²) in [6, 6.07) is 3.70. The fraction of sp³-hybridized carbons (Fsp3) is 0.500. The molecule has 0 radical (unpaired) electrons. The molecule has 0 spiro atoms. The van der Waals surface area contributed by atoms with Crippen LogP contribution in [0.1, 0.15) is 36.0 Å². The first-order valence-corrected chi connectivity index (χ1v) is 8.78. The Morgan fingerprint density at radius 1 is 1.16 bits per heavy atom. The summed E-state index contributed by atoms with van der Waals surface area (Å²) in [6.45, 7) is 0. The molecule has 5 heteroatoms. The van der Waals surface area contributed by atoms with E-state index in [2.05, 4.69) is 47.8 Å². The summed E-state index contributed by atoms with van der Waals surface area (Å²) in [7, 11) is 0. The summed E-state index contributed by atoms with van der Waals surface area (Å²) in [5, 5.41) is 0. The monoisotopic (exact) mass is 450 g/mol. The third-order valence-electron chi connectivity index (χ3n) is 4.14. The highest BCUT2D eigenvalue weighted by Gasteiger charge is 2.41. The van der Waals surface area contributed by atoms with Gasteiger partial charge in [0.1, 0.15) is 6.10 Å². The molecule has 3 atom stereocenters. The lowest BCUT2D eigenvalue weighted by Gasteiger charge is -2.22. The van der Waals surface area contributed by atoms with Crippen molar-refractivity contribution in [3.8, 4) is 0 Å². The minimum absolute atomic E-state index is 0.121. The lowest BCUT2D eigenvalue weighted by Crippen LogP contribution is -2.24. The average Bonchev–Trinajstić information content (AvgIpc) is 2.95. The van der Waals surface area contributed by atoms with Gasteiger partial charge in [0, 0.05) is 13.4 Å². The normalized spacial score (nSPS) is 28.7. The predicted molar refractivity (Wildman–Crippen MR) is 84.2 cm³/mol. The predicted octanol–water partition coefficient (Wildman–Crippen LogP) is 5.32. The van der Waals surface area contributed by atoms with Crippen LogP contribution in [0.4, 0.5) is 0 Å². The van der Waals surface area contributed by atoms with Crippen LogP contribution in [0.3, 0.4) is 0 Å². The first-order valence-electron chi connectivity index (χ1n) is 6.40. The quantitative estimate of drug-likeness (QED) is 0.448. The van der Waals surface area contributed by atoms with Gasteiger partial charge in [-0.3, -0.25) is 0 Å². The van der Waals surface area contributed by atoms with Crippen LogP contribution in [0.5, 0.6) is 0 Å². The fourth-order valence-electron chi connectivity index (χ4n) is 3.24. The van der Waals surface area contributed by atoms with Crippen molar-refractivity contribution >= 4 is 53.8 Å². The van der Waals surface area contributed by atoms with E-state index in [4.69, 9.17) is 4.74 Å². The maximum absolute atomic E-state index is 12.3. The van der Waals surface area contributed by atoms with Crippen LogP contribution in [-0.2, 0) is 4.74 Å². The molecular formula is C14H13Br3O2. The van der Waals surface area contributed by atoms with Crippen molar-refractivity contribution in [2.75, 3.05) is 0 Å². The van der Waals surface area contributed by atoms with Gasteiger partial charge in [0.05, 0.1) is 5.56 Å². The Hall–Kier alpha value is 0.130. The Morgan fingerprint density at radius 3 is 2.58 bits per heavy atom. The van der Waals surface area contributed by atoms with E-state index in [1.165, 1.54) is 19.3 Å². The topological polar surface area (TPSA) is 26.3 Å². The highest BCUT2D eigenvalue weighted by atomic mass is 79.9. The van der Waals surface area contributed by atoms with Gasteiger partial charge in [-0.2, -0.15) is 0 Å². The number of rotatable bonds is 2. The van der Waals surface area contributed by atoms with Crippen molar-refractivity contribution in [1.29, 1.82) is 0 Å². The van der Waals surface area contributed by atoms with E-state index < -0.39 is 0 Å². The SMILES string of the molecule is O=C(OC1CC2CCC1C2)c1cc(Br)cc(Br)c1Br. The van der Waals surface area contributed by atoms with Gasteiger partial charge in [0.25, 0.3) is 0 Å². The van der Waals surface area contributed by atoms with Crippen LogP contribution in [-0.4, -0.2) is 12.1 Å². The van der Waals surface area contributed by atoms with Gasteiger partial charge in [-0.1, -0.05) is 15.9 Å². The lowest BCUT2D eigenvalue weighted by molar-refractivity contribution is 0.0157. The first-order chi connectivity index (χ1) is 9.04. The first kappa shape index (κ1) is 14.1. The van der Waals surface area contributed by atoms with Crippen LogP contribution in [0.15, 0.2) is 25.6 Å². The number of ether oxygens (including phenoxy) is 1. The second kappa shape index (κ2) is 5.49. The van der Waals surface area contributed by atoms with Crippen LogP contribution in [0.25, 0.3) is 0 Å². The van der Waals surface area contributed by atoms with Crippen LogP contribution in [0, 0.1) is 11.8 Å². The molecule has 3 unspecified atom stereocenters. The van der Waals surface area contributed by atoms with E-state index in [-0.39, 0.29) is 12.1 Å². The Labute approximate surface area is 137 Å². The number of halogens is 3. The maximum Gasteiger partial charge on any atom is 0.339 e. The van der Waals surface area contributed by atoms with Gasteiger partial charge >= 0.3 is 5.97 Å². The summed E-state index contributed by atoms with van der Waals surface area (Å²) < 4.78 is 8.18. The third kappa shape index (κ3) is 2.79. The Kier molecular flexibility index (Phi) is 4.07. The number of fused-ring (bicyclic) bond motifs is 2. The zero-order chi connectivity index (χ0) is 13.6. The molecule has 2 fully saturated rings. The number of carbonyl (C=O) groups excluding carboxylic acids is 1. The van der Waals surface area contributed by atoms with Crippen molar-refractivity contribution in [2.45, 2.75) is 31.8 Å². The van der Waals surface area contributed by atoms with Gasteiger partial charge < -0.3 is 4.74 Å². The molecule has 1 aromatic rings. The molecule has 1 aromatic carbocycles. The van der Waals surface area contributed by atoms with E-state index in [0.29, 0.717) is 11.5 Å². The van der Waals surface area contributed by atoms with Gasteiger partial charge in [-0.25, -0.2) is 4.79 Å². The Morgan fingerprint density at radius 2 is 1.95 bits per heavy atom. The number of carbonyl (C=O) groups is 1. The molecule has 0 amide bonds. The minimum Gasteiger partial charge on any atom is -0.458 e. The lowest BCUT2D eigenvalue weighted by atomic mass is 9.98. The van der Waals surface area contributed by atoms with Gasteiger partial charge in [-0.05, 0) is 81.5 Å². The second-order valence-electron chi connectivity index (χ2n) is 5.37. The second-order valence-corrected chi connectivity index (χ2v) is 7.93. The smallest absolute Gasteiger partial charge is 0.339 e.